The molecule has 13 nitrogen and oxygen atoms in total. The van der Waals surface area contributed by atoms with Crippen molar-refractivity contribution >= 4 is 35.0 Å². The standard InChI is InChI=1S/C33H47N5O8S/c1-22(34-2)30(40)37-28(23-8-4-3-5-9-23)32(41)38-14-7-12-27(38)31-36-26(21-47-31)29(39)24-10-6-11-25(20-24)46-19-18-45-17-16-44-15-13-35-33(42)43/h6,10-11,20-23,27-28,34-35H,3-5,7-9,12-19H2,1-2H3,(H,37,40)(H,42,43)/t22?,27-,28?/m1/s1. The smallest absolute Gasteiger partial charge is 0.404 e. The second-order valence-corrected chi connectivity index (χ2v) is 12.7. The van der Waals surface area contributed by atoms with Gasteiger partial charge in [-0.15, -0.1) is 11.3 Å². The monoisotopic (exact) mass is 673 g/mol. The first-order valence-electron chi connectivity index (χ1n) is 16.4. The predicted molar refractivity (Wildman–Crippen MR) is 176 cm³/mol. The lowest BCUT2D eigenvalue weighted by Gasteiger charge is -2.35. The van der Waals surface area contributed by atoms with Gasteiger partial charge >= 0.3 is 6.09 Å². The summed E-state index contributed by atoms with van der Waals surface area (Å²) in [4.78, 5) is 57.3. The van der Waals surface area contributed by atoms with E-state index in [2.05, 4.69) is 16.0 Å². The molecule has 0 spiro atoms. The summed E-state index contributed by atoms with van der Waals surface area (Å²) in [7, 11) is 1.73. The van der Waals surface area contributed by atoms with Crippen LogP contribution in [0.2, 0.25) is 0 Å². The van der Waals surface area contributed by atoms with Gasteiger partial charge in [0.2, 0.25) is 17.6 Å². The highest BCUT2D eigenvalue weighted by molar-refractivity contribution is 7.10. The van der Waals surface area contributed by atoms with E-state index in [0.29, 0.717) is 43.4 Å². The molecule has 1 saturated heterocycles. The van der Waals surface area contributed by atoms with Gasteiger partial charge in [0.05, 0.1) is 38.5 Å². The number of thiazole rings is 1. The lowest BCUT2D eigenvalue weighted by atomic mass is 9.83. The predicted octanol–water partition coefficient (Wildman–Crippen LogP) is 3.39. The topological polar surface area (TPSA) is 168 Å². The zero-order valence-corrected chi connectivity index (χ0v) is 28.0. The molecule has 2 aromatic rings. The van der Waals surface area contributed by atoms with E-state index in [1.165, 1.54) is 11.3 Å². The molecule has 3 atom stereocenters. The first-order valence-corrected chi connectivity index (χ1v) is 17.3. The molecule has 2 fully saturated rings. The number of likely N-dealkylation sites (N-methyl/N-ethyl adjacent to an activating group) is 1. The molecule has 1 aromatic carbocycles. The number of carboxylic acid groups (broad SMARTS) is 1. The maximum atomic E-state index is 14.0. The Bertz CT molecular complexity index is 1330. The Morgan fingerprint density at radius 1 is 1.02 bits per heavy atom. The van der Waals surface area contributed by atoms with Gasteiger partial charge in [0.25, 0.3) is 0 Å². The molecule has 4 rings (SSSR count). The van der Waals surface area contributed by atoms with Crippen molar-refractivity contribution in [3.63, 3.8) is 0 Å². The van der Waals surface area contributed by atoms with Crippen molar-refractivity contribution in [2.75, 3.05) is 53.2 Å². The summed E-state index contributed by atoms with van der Waals surface area (Å²) in [5.41, 5.74) is 0.769. The van der Waals surface area contributed by atoms with Crippen LogP contribution in [0.3, 0.4) is 0 Å². The van der Waals surface area contributed by atoms with Gasteiger partial charge in [-0.1, -0.05) is 31.4 Å². The van der Waals surface area contributed by atoms with E-state index in [1.54, 1.807) is 43.6 Å². The number of hydrogen-bond donors (Lipinski definition) is 4. The molecule has 2 heterocycles. The minimum atomic E-state index is -1.09. The number of nitrogens with one attached hydrogen (secondary N) is 3. The number of carbonyl (C=O) groups excluding carboxylic acids is 3. The van der Waals surface area contributed by atoms with Gasteiger partial charge in [0.15, 0.2) is 0 Å². The summed E-state index contributed by atoms with van der Waals surface area (Å²) < 4.78 is 16.5. The Hall–Kier alpha value is -3.59. The number of aromatic nitrogens is 1. The van der Waals surface area contributed by atoms with E-state index in [-0.39, 0.29) is 49.3 Å². The second-order valence-electron chi connectivity index (χ2n) is 11.8. The van der Waals surface area contributed by atoms with Crippen molar-refractivity contribution in [3.8, 4) is 5.75 Å². The van der Waals surface area contributed by atoms with Crippen LogP contribution in [-0.4, -0.2) is 104 Å². The lowest BCUT2D eigenvalue weighted by Crippen LogP contribution is -2.55. The van der Waals surface area contributed by atoms with Gasteiger partial charge in [-0.2, -0.15) is 0 Å². The third kappa shape index (κ3) is 10.7. The third-order valence-electron chi connectivity index (χ3n) is 8.57. The lowest BCUT2D eigenvalue weighted by molar-refractivity contribution is -0.139. The van der Waals surface area contributed by atoms with Crippen molar-refractivity contribution < 1.29 is 38.5 Å². The first-order chi connectivity index (χ1) is 22.8. The van der Waals surface area contributed by atoms with E-state index in [1.807, 2.05) is 4.90 Å². The van der Waals surface area contributed by atoms with Gasteiger partial charge < -0.3 is 40.2 Å². The molecule has 0 bridgehead atoms. The van der Waals surface area contributed by atoms with Crippen molar-refractivity contribution in [1.29, 1.82) is 0 Å². The molecule has 4 N–H and O–H groups in total. The zero-order valence-electron chi connectivity index (χ0n) is 27.2. The number of ether oxygens (including phenoxy) is 3. The van der Waals surface area contributed by atoms with Crippen LogP contribution in [0.4, 0.5) is 4.79 Å². The van der Waals surface area contributed by atoms with Crippen molar-refractivity contribution in [1.82, 2.24) is 25.8 Å². The summed E-state index contributed by atoms with van der Waals surface area (Å²) in [6, 6.07) is 5.70. The minimum absolute atomic E-state index is 0.0616. The number of ketones is 1. The van der Waals surface area contributed by atoms with Crippen LogP contribution in [0.5, 0.6) is 5.75 Å². The Morgan fingerprint density at radius 3 is 2.51 bits per heavy atom. The Labute approximate surface area is 279 Å². The fourth-order valence-corrected chi connectivity index (χ4v) is 6.86. The Balaban J connectivity index is 1.31. The van der Waals surface area contributed by atoms with Gasteiger partial charge in [-0.25, -0.2) is 9.78 Å². The molecule has 1 saturated carbocycles. The van der Waals surface area contributed by atoms with Crippen LogP contribution in [0.25, 0.3) is 0 Å². The molecule has 258 valence electrons. The van der Waals surface area contributed by atoms with Crippen LogP contribution in [-0.2, 0) is 19.1 Å². The van der Waals surface area contributed by atoms with Crippen LogP contribution in [0, 0.1) is 5.92 Å². The van der Waals surface area contributed by atoms with E-state index < -0.39 is 18.2 Å². The average molecular weight is 674 g/mol. The second kappa shape index (κ2) is 18.7. The quantitative estimate of drug-likeness (QED) is 0.136. The van der Waals surface area contributed by atoms with Crippen LogP contribution >= 0.6 is 11.3 Å². The summed E-state index contributed by atoms with van der Waals surface area (Å²) in [6.45, 7) is 4.13. The molecule has 1 aliphatic carbocycles. The highest BCUT2D eigenvalue weighted by atomic mass is 32.1. The number of likely N-dealkylation sites (tertiary alicyclic amines) is 1. The maximum Gasteiger partial charge on any atom is 0.404 e. The third-order valence-corrected chi connectivity index (χ3v) is 9.52. The van der Waals surface area contributed by atoms with Crippen LogP contribution < -0.4 is 20.7 Å². The Morgan fingerprint density at radius 2 is 1.77 bits per heavy atom. The molecular weight excluding hydrogens is 626 g/mol. The summed E-state index contributed by atoms with van der Waals surface area (Å²) >= 11 is 1.38. The summed E-state index contributed by atoms with van der Waals surface area (Å²) in [5, 5.41) is 19.2. The average Bonchev–Trinajstić information content (AvgIpc) is 3.78. The molecule has 3 amide bonds. The number of hydrogen-bond acceptors (Lipinski definition) is 10. The fourth-order valence-electron chi connectivity index (χ4n) is 5.91. The highest BCUT2D eigenvalue weighted by Crippen LogP contribution is 2.36. The molecule has 2 unspecified atom stereocenters. The molecule has 2 aliphatic rings. The van der Waals surface area contributed by atoms with E-state index in [0.717, 1.165) is 50.0 Å². The largest absolute Gasteiger partial charge is 0.491 e. The molecule has 1 aromatic heterocycles. The van der Waals surface area contributed by atoms with Gasteiger partial charge in [-0.05, 0) is 57.7 Å². The van der Waals surface area contributed by atoms with E-state index in [9.17, 15) is 19.2 Å². The molecule has 14 heteroatoms. The zero-order chi connectivity index (χ0) is 33.6. The molecule has 0 radical (unpaired) electrons. The molecule has 1 aliphatic heterocycles. The van der Waals surface area contributed by atoms with Gasteiger partial charge in [-0.3, -0.25) is 14.4 Å². The van der Waals surface area contributed by atoms with E-state index >= 15 is 0 Å². The van der Waals surface area contributed by atoms with Crippen LogP contribution in [0.15, 0.2) is 29.6 Å². The molecule has 47 heavy (non-hydrogen) atoms. The van der Waals surface area contributed by atoms with Gasteiger partial charge in [0, 0.05) is 24.0 Å². The van der Waals surface area contributed by atoms with Crippen molar-refractivity contribution in [2.24, 2.45) is 5.92 Å². The number of benzene rings is 1. The van der Waals surface area contributed by atoms with Crippen LogP contribution in [0.1, 0.15) is 79.0 Å². The van der Waals surface area contributed by atoms with E-state index in [4.69, 9.17) is 24.3 Å². The SMILES string of the molecule is CNC(C)C(=O)NC(C(=O)N1CCC[C@@H]1c1nc(C(=O)c2cccc(OCCOCCOCCNC(=O)O)c2)cs1)C1CCCCC1. The van der Waals surface area contributed by atoms with Crippen molar-refractivity contribution in [2.45, 2.75) is 70.0 Å². The highest BCUT2D eigenvalue weighted by Gasteiger charge is 2.40. The summed E-state index contributed by atoms with van der Waals surface area (Å²) in [5.74, 6) is 0.166. The number of carbonyl (C=O) groups is 4. The minimum Gasteiger partial charge on any atom is -0.491 e. The number of amides is 3. The first kappa shape index (κ1) is 36.2. The van der Waals surface area contributed by atoms with Gasteiger partial charge in [0.1, 0.15) is 29.1 Å². The number of rotatable bonds is 18. The van der Waals surface area contributed by atoms with Crippen molar-refractivity contribution in [3.05, 3.63) is 45.9 Å². The molecular formula is C33H47N5O8S. The normalized spacial score (nSPS) is 18.0. The Kier molecular flexibility index (Phi) is 14.4. The fraction of sp³-hybridized carbons (Fsp3) is 0.606. The summed E-state index contributed by atoms with van der Waals surface area (Å²) in [6.07, 6.45) is 5.59. The number of nitrogens with zero attached hydrogens (tertiary/aromatic N) is 2. The maximum absolute atomic E-state index is 14.0.